The van der Waals surface area contributed by atoms with Crippen LogP contribution in [-0.2, 0) is 0 Å². The molecule has 0 saturated carbocycles. The first-order valence-electron chi connectivity index (χ1n) is 5.93. The van der Waals surface area contributed by atoms with Crippen molar-refractivity contribution >= 4 is 7.41 Å². The van der Waals surface area contributed by atoms with Crippen LogP contribution < -0.4 is 0 Å². The van der Waals surface area contributed by atoms with Crippen LogP contribution in [0.2, 0.25) is 5.31 Å². The van der Waals surface area contributed by atoms with Crippen molar-refractivity contribution in [2.24, 2.45) is 11.8 Å². The molecule has 0 bridgehead atoms. The van der Waals surface area contributed by atoms with Crippen LogP contribution in [0.1, 0.15) is 48.5 Å². The second kappa shape index (κ2) is 5.80. The first-order valence-corrected chi connectivity index (χ1v) is 5.93. The Morgan fingerprint density at radius 1 is 0.929 bits per heavy atom. The van der Waals surface area contributed by atoms with Crippen molar-refractivity contribution in [3.8, 4) is 0 Å². The molecule has 0 unspecified atom stereocenters. The fourth-order valence-corrected chi connectivity index (χ4v) is 1.91. The quantitative estimate of drug-likeness (QED) is 0.612. The maximum atomic E-state index is 2.61. The Labute approximate surface area is 91.5 Å². The van der Waals surface area contributed by atoms with E-state index in [1.54, 1.807) is 0 Å². The Morgan fingerprint density at radius 3 is 1.50 bits per heavy atom. The van der Waals surface area contributed by atoms with Gasteiger partial charge in [-0.15, -0.1) is 0 Å². The van der Waals surface area contributed by atoms with E-state index in [0.717, 1.165) is 11.8 Å². The standard InChI is InChI=1S/C12H28BN/c1-10(2)8-14(9-11(3)4)13-12(5,6)7/h10-11,13H,8-9H2,1-7H3. The highest BCUT2D eigenvalue weighted by Crippen LogP contribution is 2.22. The third-order valence-corrected chi connectivity index (χ3v) is 1.94. The van der Waals surface area contributed by atoms with Gasteiger partial charge in [-0.2, -0.15) is 0 Å². The van der Waals surface area contributed by atoms with Gasteiger partial charge in [0.1, 0.15) is 0 Å². The van der Waals surface area contributed by atoms with Gasteiger partial charge in [0, 0.05) is 0 Å². The highest BCUT2D eigenvalue weighted by molar-refractivity contribution is 6.36. The molecule has 0 amide bonds. The van der Waals surface area contributed by atoms with E-state index >= 15 is 0 Å². The van der Waals surface area contributed by atoms with E-state index in [0.29, 0.717) is 5.31 Å². The van der Waals surface area contributed by atoms with E-state index in [1.807, 2.05) is 0 Å². The zero-order valence-corrected chi connectivity index (χ0v) is 11.2. The van der Waals surface area contributed by atoms with Crippen LogP contribution in [0.3, 0.4) is 0 Å². The lowest BCUT2D eigenvalue weighted by Gasteiger charge is -2.31. The summed E-state index contributed by atoms with van der Waals surface area (Å²) in [6, 6.07) is 0. The molecule has 0 radical (unpaired) electrons. The van der Waals surface area contributed by atoms with Crippen LogP contribution in [0.4, 0.5) is 0 Å². The van der Waals surface area contributed by atoms with Crippen molar-refractivity contribution in [3.63, 3.8) is 0 Å². The summed E-state index contributed by atoms with van der Waals surface area (Å²) >= 11 is 0. The van der Waals surface area contributed by atoms with Crippen molar-refractivity contribution in [1.82, 2.24) is 4.81 Å². The van der Waals surface area contributed by atoms with Gasteiger partial charge in [-0.25, -0.2) is 0 Å². The molecule has 84 valence electrons. The predicted molar refractivity (Wildman–Crippen MR) is 68.1 cm³/mol. The largest absolute Gasteiger partial charge is 0.344 e. The average molecular weight is 197 g/mol. The zero-order valence-electron chi connectivity index (χ0n) is 11.2. The first kappa shape index (κ1) is 14.0. The molecule has 0 heterocycles. The molecule has 0 saturated heterocycles. The summed E-state index contributed by atoms with van der Waals surface area (Å²) in [4.78, 5) is 2.61. The van der Waals surface area contributed by atoms with Crippen molar-refractivity contribution in [1.29, 1.82) is 0 Å². The number of hydrogen-bond acceptors (Lipinski definition) is 1. The summed E-state index contributed by atoms with van der Waals surface area (Å²) in [5.41, 5.74) is 0. The highest BCUT2D eigenvalue weighted by Gasteiger charge is 2.19. The van der Waals surface area contributed by atoms with Gasteiger partial charge in [0.05, 0.1) is 0 Å². The van der Waals surface area contributed by atoms with Gasteiger partial charge in [0.25, 0.3) is 0 Å². The third kappa shape index (κ3) is 8.62. The SMILES string of the molecule is CC(C)CN(BC(C)(C)C)CC(C)C. The molecular weight excluding hydrogens is 169 g/mol. The van der Waals surface area contributed by atoms with Crippen LogP contribution in [0.15, 0.2) is 0 Å². The molecule has 0 aromatic rings. The summed E-state index contributed by atoms with van der Waals surface area (Å²) in [5, 5.41) is 0.420. The Bertz CT molecular complexity index is 137. The smallest absolute Gasteiger partial charge is 0.209 e. The molecule has 0 aliphatic carbocycles. The lowest BCUT2D eigenvalue weighted by atomic mass is 9.62. The van der Waals surface area contributed by atoms with E-state index in [9.17, 15) is 0 Å². The maximum absolute atomic E-state index is 2.61. The Morgan fingerprint density at radius 2 is 1.29 bits per heavy atom. The zero-order chi connectivity index (χ0) is 11.4. The summed E-state index contributed by atoms with van der Waals surface area (Å²) in [5.74, 6) is 1.55. The predicted octanol–water partition coefficient (Wildman–Crippen LogP) is 3.17. The van der Waals surface area contributed by atoms with E-state index in [4.69, 9.17) is 0 Å². The summed E-state index contributed by atoms with van der Waals surface area (Å²) < 4.78 is 0. The molecule has 1 nitrogen and oxygen atoms in total. The molecule has 0 rings (SSSR count). The van der Waals surface area contributed by atoms with Crippen LogP contribution in [0, 0.1) is 11.8 Å². The lowest BCUT2D eigenvalue weighted by Crippen LogP contribution is -2.38. The molecule has 0 N–H and O–H groups in total. The average Bonchev–Trinajstić information content (AvgIpc) is 1.77. The molecule has 0 aliphatic heterocycles. The fourth-order valence-electron chi connectivity index (χ4n) is 1.91. The molecule has 0 atom stereocenters. The number of nitrogens with zero attached hydrogens (tertiary/aromatic N) is 1. The van der Waals surface area contributed by atoms with E-state index < -0.39 is 0 Å². The molecular formula is C12H28BN. The fraction of sp³-hybridized carbons (Fsp3) is 1.00. The van der Waals surface area contributed by atoms with Crippen molar-refractivity contribution < 1.29 is 0 Å². The van der Waals surface area contributed by atoms with Crippen LogP contribution >= 0.6 is 0 Å². The van der Waals surface area contributed by atoms with Gasteiger partial charge in [-0.05, 0) is 30.2 Å². The normalized spacial score (nSPS) is 13.0. The Hall–Kier alpha value is 0.0249. The van der Waals surface area contributed by atoms with Gasteiger partial charge < -0.3 is 4.81 Å². The number of hydrogen-bond donors (Lipinski definition) is 0. The van der Waals surface area contributed by atoms with Gasteiger partial charge in [-0.3, -0.25) is 0 Å². The Balaban J connectivity index is 4.11. The monoisotopic (exact) mass is 197 g/mol. The molecule has 0 fully saturated rings. The van der Waals surface area contributed by atoms with E-state index in [1.165, 1.54) is 20.5 Å². The van der Waals surface area contributed by atoms with E-state index in [2.05, 4.69) is 53.3 Å². The minimum atomic E-state index is 0.420. The van der Waals surface area contributed by atoms with Crippen LogP contribution in [-0.4, -0.2) is 25.3 Å². The lowest BCUT2D eigenvalue weighted by molar-refractivity contribution is 0.336. The van der Waals surface area contributed by atoms with Crippen LogP contribution in [0.25, 0.3) is 0 Å². The van der Waals surface area contributed by atoms with Gasteiger partial charge in [0.2, 0.25) is 7.41 Å². The maximum Gasteiger partial charge on any atom is 0.209 e. The van der Waals surface area contributed by atoms with Crippen molar-refractivity contribution in [2.75, 3.05) is 13.1 Å². The number of rotatable bonds is 5. The molecule has 0 aliphatic rings. The van der Waals surface area contributed by atoms with Crippen molar-refractivity contribution in [2.45, 2.75) is 53.8 Å². The minimum absolute atomic E-state index is 0.420. The third-order valence-electron chi connectivity index (χ3n) is 1.94. The van der Waals surface area contributed by atoms with Gasteiger partial charge >= 0.3 is 0 Å². The molecule has 0 aromatic heterocycles. The second-order valence-electron chi connectivity index (χ2n) is 6.54. The summed E-state index contributed by atoms with van der Waals surface area (Å²) in [7, 11) is 1.21. The topological polar surface area (TPSA) is 3.24 Å². The molecule has 2 heteroatoms. The van der Waals surface area contributed by atoms with E-state index in [-0.39, 0.29) is 0 Å². The Kier molecular flexibility index (Phi) is 5.81. The molecule has 0 spiro atoms. The molecule has 0 aromatic carbocycles. The van der Waals surface area contributed by atoms with Crippen LogP contribution in [0.5, 0.6) is 0 Å². The highest BCUT2D eigenvalue weighted by atomic mass is 15.0. The van der Waals surface area contributed by atoms with Gasteiger partial charge in [-0.1, -0.05) is 48.5 Å². The van der Waals surface area contributed by atoms with Gasteiger partial charge in [0.15, 0.2) is 0 Å². The molecule has 14 heavy (non-hydrogen) atoms. The second-order valence-corrected chi connectivity index (χ2v) is 6.54. The first-order chi connectivity index (χ1) is 6.20. The summed E-state index contributed by atoms with van der Waals surface area (Å²) in [6.45, 7) is 18.6. The minimum Gasteiger partial charge on any atom is -0.344 e. The van der Waals surface area contributed by atoms with Crippen molar-refractivity contribution in [3.05, 3.63) is 0 Å². The summed E-state index contributed by atoms with van der Waals surface area (Å²) in [6.07, 6.45) is 0.